The first-order chi connectivity index (χ1) is 14.4. The molecular weight excluding hydrogens is 382 g/mol. The van der Waals surface area contributed by atoms with Crippen LogP contribution >= 0.6 is 0 Å². The topological polar surface area (TPSA) is 79.9 Å². The van der Waals surface area contributed by atoms with Crippen LogP contribution in [0.15, 0.2) is 18.2 Å². The summed E-state index contributed by atoms with van der Waals surface area (Å²) in [4.78, 5) is 27.2. The molecular formula is C23H39N3O4. The molecule has 0 saturated heterocycles. The monoisotopic (exact) mass is 421 g/mol. The molecule has 2 amide bonds. The zero-order valence-corrected chi connectivity index (χ0v) is 19.3. The molecule has 7 nitrogen and oxygen atoms in total. The first kappa shape index (κ1) is 25.8. The lowest BCUT2D eigenvalue weighted by molar-refractivity contribution is -0.123. The molecule has 0 aliphatic carbocycles. The Kier molecular flexibility index (Phi) is 12.6. The Bertz CT molecular complexity index is 649. The number of ether oxygens (including phenoxy) is 2. The van der Waals surface area contributed by atoms with Crippen LogP contribution in [0.5, 0.6) is 11.5 Å². The van der Waals surface area contributed by atoms with Crippen molar-refractivity contribution in [1.29, 1.82) is 0 Å². The van der Waals surface area contributed by atoms with E-state index < -0.39 is 6.04 Å². The Morgan fingerprint density at radius 3 is 2.47 bits per heavy atom. The van der Waals surface area contributed by atoms with Gasteiger partial charge >= 0.3 is 0 Å². The number of hydrogen-bond acceptors (Lipinski definition) is 5. The van der Waals surface area contributed by atoms with Gasteiger partial charge in [0, 0.05) is 18.7 Å². The molecule has 170 valence electrons. The lowest BCUT2D eigenvalue weighted by atomic mass is 10.1. The highest BCUT2D eigenvalue weighted by Gasteiger charge is 2.21. The number of unbranched alkanes of at least 4 members (excludes halogenated alkanes) is 3. The van der Waals surface area contributed by atoms with Gasteiger partial charge in [-0.15, -0.1) is 0 Å². The van der Waals surface area contributed by atoms with Crippen LogP contribution in [-0.2, 0) is 4.79 Å². The third-order valence-electron chi connectivity index (χ3n) is 4.74. The minimum Gasteiger partial charge on any atom is -0.493 e. The Morgan fingerprint density at radius 2 is 1.83 bits per heavy atom. The van der Waals surface area contributed by atoms with Gasteiger partial charge in [0.25, 0.3) is 5.91 Å². The first-order valence-corrected chi connectivity index (χ1v) is 11.0. The lowest BCUT2D eigenvalue weighted by Gasteiger charge is -2.19. The minimum absolute atomic E-state index is 0.161. The summed E-state index contributed by atoms with van der Waals surface area (Å²) in [5, 5.41) is 5.73. The Morgan fingerprint density at radius 1 is 1.07 bits per heavy atom. The van der Waals surface area contributed by atoms with E-state index in [0.29, 0.717) is 36.6 Å². The van der Waals surface area contributed by atoms with Crippen LogP contribution in [0.2, 0.25) is 0 Å². The van der Waals surface area contributed by atoms with Crippen LogP contribution in [0.4, 0.5) is 0 Å². The van der Waals surface area contributed by atoms with Crippen molar-refractivity contribution in [3.05, 3.63) is 23.8 Å². The smallest absolute Gasteiger partial charge is 0.252 e. The quantitative estimate of drug-likeness (QED) is 0.425. The molecule has 0 radical (unpaired) electrons. The van der Waals surface area contributed by atoms with Gasteiger partial charge in [-0.25, -0.2) is 0 Å². The van der Waals surface area contributed by atoms with Crippen molar-refractivity contribution in [2.75, 3.05) is 40.9 Å². The third kappa shape index (κ3) is 9.48. The molecule has 0 aliphatic heterocycles. The highest BCUT2D eigenvalue weighted by atomic mass is 16.5. The van der Waals surface area contributed by atoms with E-state index >= 15 is 0 Å². The van der Waals surface area contributed by atoms with Gasteiger partial charge in [-0.1, -0.05) is 39.5 Å². The molecule has 0 unspecified atom stereocenters. The van der Waals surface area contributed by atoms with E-state index in [1.807, 2.05) is 25.9 Å². The number of likely N-dealkylation sites (N-methyl/N-ethyl adjacent to an activating group) is 1. The lowest BCUT2D eigenvalue weighted by Crippen LogP contribution is -2.47. The van der Waals surface area contributed by atoms with E-state index in [1.165, 1.54) is 12.8 Å². The zero-order chi connectivity index (χ0) is 22.4. The maximum absolute atomic E-state index is 12.7. The molecule has 0 fully saturated rings. The molecule has 0 aliphatic rings. The molecule has 0 aromatic heterocycles. The van der Waals surface area contributed by atoms with E-state index in [1.54, 1.807) is 25.3 Å². The molecule has 0 heterocycles. The summed E-state index contributed by atoms with van der Waals surface area (Å²) < 4.78 is 11.2. The summed E-state index contributed by atoms with van der Waals surface area (Å²) in [6.07, 6.45) is 5.87. The van der Waals surface area contributed by atoms with E-state index in [9.17, 15) is 9.59 Å². The number of hydrogen-bond donors (Lipinski definition) is 2. The van der Waals surface area contributed by atoms with Crippen LogP contribution in [-0.4, -0.2) is 63.7 Å². The van der Waals surface area contributed by atoms with Crippen LogP contribution in [0.3, 0.4) is 0 Å². The number of carbonyl (C=O) groups excluding carboxylic acids is 2. The fourth-order valence-electron chi connectivity index (χ4n) is 2.96. The number of amides is 2. The highest BCUT2D eigenvalue weighted by molar-refractivity contribution is 5.98. The molecule has 2 N–H and O–H groups in total. The maximum Gasteiger partial charge on any atom is 0.252 e. The van der Waals surface area contributed by atoms with Gasteiger partial charge in [-0.05, 0) is 45.1 Å². The van der Waals surface area contributed by atoms with Crippen molar-refractivity contribution in [3.63, 3.8) is 0 Å². The predicted molar refractivity (Wildman–Crippen MR) is 120 cm³/mol. The van der Waals surface area contributed by atoms with Crippen molar-refractivity contribution >= 4 is 11.8 Å². The van der Waals surface area contributed by atoms with Gasteiger partial charge in [0.15, 0.2) is 11.5 Å². The fraction of sp³-hybridized carbons (Fsp3) is 0.652. The third-order valence-corrected chi connectivity index (χ3v) is 4.74. The van der Waals surface area contributed by atoms with Crippen LogP contribution in [0.25, 0.3) is 0 Å². The summed E-state index contributed by atoms with van der Waals surface area (Å²) in [7, 11) is 5.45. The number of carbonyl (C=O) groups is 2. The van der Waals surface area contributed by atoms with E-state index in [2.05, 4.69) is 17.6 Å². The Hall–Kier alpha value is -2.28. The maximum atomic E-state index is 12.7. The van der Waals surface area contributed by atoms with Crippen LogP contribution in [0.1, 0.15) is 62.7 Å². The van der Waals surface area contributed by atoms with Crippen LogP contribution in [0, 0.1) is 0 Å². The molecule has 0 bridgehead atoms. The standard InChI is InChI=1S/C23H39N3O4/c1-6-8-9-10-16-30-20-13-12-18(17-21(20)29-5)22(27)25-19(11-7-2)23(28)24-14-15-26(3)4/h12-13,17,19H,6-11,14-16H2,1-5H3,(H,24,28)(H,25,27)/t19-/m0/s1. The minimum atomic E-state index is -0.565. The molecule has 0 spiro atoms. The highest BCUT2D eigenvalue weighted by Crippen LogP contribution is 2.28. The average Bonchev–Trinajstić information content (AvgIpc) is 2.72. The number of nitrogens with zero attached hydrogens (tertiary/aromatic N) is 1. The van der Waals surface area contributed by atoms with Gasteiger partial charge in [0.05, 0.1) is 13.7 Å². The largest absolute Gasteiger partial charge is 0.493 e. The number of rotatable bonds is 15. The molecule has 0 saturated carbocycles. The van der Waals surface area contributed by atoms with Crippen molar-refractivity contribution in [2.24, 2.45) is 0 Å². The predicted octanol–water partition coefficient (Wildman–Crippen LogP) is 3.23. The summed E-state index contributed by atoms with van der Waals surface area (Å²) in [6, 6.07) is 4.54. The SMILES string of the molecule is CCCCCCOc1ccc(C(=O)N[C@@H](CCC)C(=O)NCCN(C)C)cc1OC. The number of benzene rings is 1. The average molecular weight is 422 g/mol. The summed E-state index contributed by atoms with van der Waals surface area (Å²) in [5.74, 6) is 0.674. The molecule has 1 atom stereocenters. The van der Waals surface area contributed by atoms with E-state index in [0.717, 1.165) is 25.8 Å². The van der Waals surface area contributed by atoms with Crippen molar-refractivity contribution in [3.8, 4) is 11.5 Å². The van der Waals surface area contributed by atoms with Gasteiger partial charge in [-0.3, -0.25) is 9.59 Å². The first-order valence-electron chi connectivity index (χ1n) is 11.0. The molecule has 7 heteroatoms. The number of methoxy groups -OCH3 is 1. The second-order valence-electron chi connectivity index (χ2n) is 7.68. The van der Waals surface area contributed by atoms with Gasteiger partial charge in [-0.2, -0.15) is 0 Å². The molecule has 1 rings (SSSR count). The molecule has 1 aromatic carbocycles. The van der Waals surface area contributed by atoms with Gasteiger partial charge < -0.3 is 25.0 Å². The Balaban J connectivity index is 2.71. The van der Waals surface area contributed by atoms with E-state index in [-0.39, 0.29) is 11.8 Å². The normalized spacial score (nSPS) is 11.8. The van der Waals surface area contributed by atoms with E-state index in [4.69, 9.17) is 9.47 Å². The van der Waals surface area contributed by atoms with Crippen molar-refractivity contribution < 1.29 is 19.1 Å². The Labute approximate surface area is 181 Å². The molecule has 1 aromatic rings. The summed E-state index contributed by atoms with van der Waals surface area (Å²) in [5.41, 5.74) is 0.437. The second kappa shape index (κ2) is 14.7. The second-order valence-corrected chi connectivity index (χ2v) is 7.68. The zero-order valence-electron chi connectivity index (χ0n) is 19.3. The van der Waals surface area contributed by atoms with Crippen molar-refractivity contribution in [1.82, 2.24) is 15.5 Å². The number of nitrogens with one attached hydrogen (secondary N) is 2. The fourth-order valence-corrected chi connectivity index (χ4v) is 2.96. The van der Waals surface area contributed by atoms with Crippen LogP contribution < -0.4 is 20.1 Å². The summed E-state index contributed by atoms with van der Waals surface area (Å²) in [6.45, 7) is 6.07. The molecule has 30 heavy (non-hydrogen) atoms. The van der Waals surface area contributed by atoms with Gasteiger partial charge in [0.1, 0.15) is 6.04 Å². The van der Waals surface area contributed by atoms with Gasteiger partial charge in [0.2, 0.25) is 5.91 Å². The summed E-state index contributed by atoms with van der Waals surface area (Å²) >= 11 is 0. The van der Waals surface area contributed by atoms with Crippen molar-refractivity contribution in [2.45, 2.75) is 58.4 Å².